The van der Waals surface area contributed by atoms with Gasteiger partial charge in [-0.1, -0.05) is 126 Å². The highest BCUT2D eigenvalue weighted by molar-refractivity contribution is 8.76. The normalized spacial score (nSPS) is 23.7. The van der Waals surface area contributed by atoms with Crippen LogP contribution in [0.2, 0.25) is 0 Å². The summed E-state index contributed by atoms with van der Waals surface area (Å²) in [6.07, 6.45) is -0.120. The van der Waals surface area contributed by atoms with Crippen LogP contribution < -0.4 is 52.6 Å². The first-order valence-corrected chi connectivity index (χ1v) is 46.1. The minimum atomic E-state index is -2.51. The Morgan fingerprint density at radius 2 is 1.37 bits per heavy atom. The lowest BCUT2D eigenvalue weighted by molar-refractivity contribution is -0.201. The maximum absolute atomic E-state index is 15.4. The number of aromatic nitrogens is 1. The summed E-state index contributed by atoms with van der Waals surface area (Å²) in [5.74, 6) is -13.7. The highest BCUT2D eigenvalue weighted by Gasteiger charge is 2.78. The maximum Gasteiger partial charge on any atom is 0.407 e. The lowest BCUT2D eigenvalue weighted by atomic mass is 9.47. The first-order valence-electron chi connectivity index (χ1n) is 43.6. The number of methoxy groups -OCH3 is 1. The molecule has 40 heteroatoms. The number of alkyl carbamates (subject to hydrolysis) is 1. The predicted molar refractivity (Wildman–Crippen MR) is 476 cm³/mol. The number of carboxylic acids is 4. The number of hydrogen-bond acceptors (Lipinski definition) is 28. The molecule has 11 rings (SSSR count). The number of carbonyl (C=O) groups is 14. The number of carbonyl (C=O) groups excluding carboxylic acids is 12. The van der Waals surface area contributed by atoms with Crippen molar-refractivity contribution in [1.82, 2.24) is 52.0 Å². The minimum absolute atomic E-state index is 0.0339. The molecule has 5 aliphatic heterocycles. The number of ketones is 3. The van der Waals surface area contributed by atoms with Crippen molar-refractivity contribution in [2.24, 2.45) is 23.0 Å². The number of Topliss-reactive ketones (excluding diaryl/α,β-unsaturated/α-hetero) is 3. The Bertz CT molecular complexity index is 5060. The highest BCUT2D eigenvalue weighted by Crippen LogP contribution is 2.68. The van der Waals surface area contributed by atoms with Crippen LogP contribution >= 0.6 is 21.6 Å². The van der Waals surface area contributed by atoms with E-state index in [2.05, 4.69) is 88.8 Å². The first kappa shape index (κ1) is 102. The van der Waals surface area contributed by atoms with Crippen molar-refractivity contribution < 1.29 is 127 Å². The van der Waals surface area contributed by atoms with Crippen molar-refractivity contribution in [3.05, 3.63) is 143 Å². The second kappa shape index (κ2) is 45.5. The molecular formula is C91H116N12O26S2. The van der Waals surface area contributed by atoms with E-state index in [-0.39, 0.29) is 69.0 Å². The van der Waals surface area contributed by atoms with E-state index in [1.807, 2.05) is 49.2 Å². The summed E-state index contributed by atoms with van der Waals surface area (Å²) in [6.45, 7) is 7.05. The second-order valence-electron chi connectivity index (χ2n) is 34.3. The first-order chi connectivity index (χ1) is 62.5. The largest absolute Gasteiger partial charge is 0.496 e. The fraction of sp³-hybridized carbons (Fsp3) is 0.527. The van der Waals surface area contributed by atoms with Gasteiger partial charge >= 0.3 is 42.2 Å². The molecule has 7 amide bonds. The van der Waals surface area contributed by atoms with Crippen LogP contribution in [0.4, 0.5) is 15.3 Å². The molecule has 6 aliphatic rings. The molecule has 4 aromatic carbocycles. The molecule has 3 fully saturated rings. The molecule has 38 nitrogen and oxygen atoms in total. The Morgan fingerprint density at radius 3 is 2.03 bits per heavy atom. The number of piperidine rings is 1. The van der Waals surface area contributed by atoms with E-state index in [0.29, 0.717) is 67.8 Å². The zero-order valence-electron chi connectivity index (χ0n) is 73.5. The number of urea groups is 1. The molecule has 1 aliphatic carbocycles. The van der Waals surface area contributed by atoms with Crippen molar-refractivity contribution in [3.63, 3.8) is 0 Å². The number of amides is 7. The van der Waals surface area contributed by atoms with E-state index in [9.17, 15) is 93.0 Å². The van der Waals surface area contributed by atoms with Crippen molar-refractivity contribution in [1.29, 1.82) is 0 Å². The van der Waals surface area contributed by atoms with Gasteiger partial charge in [0.15, 0.2) is 29.2 Å². The lowest BCUT2D eigenvalue weighted by Gasteiger charge is -2.63. The number of para-hydroxylation sites is 1. The average molecular weight is 1860 g/mol. The summed E-state index contributed by atoms with van der Waals surface area (Å²) in [5, 5.41) is 96.2. The van der Waals surface area contributed by atoms with E-state index in [4.69, 9.17) is 29.9 Å². The SMILES string of the molecule is CC[C@]1(O)CCCN2CCc3c([nH]c4ccccc34)[C@@](C)(c3cc4c(cc3OC)N(C)C3[C@]45CCN4CC=C[C@@](CC)([C@@H](O)[C@]3(O)C(=O)CNC(=O)OCCSSC[C@H](CC(=O)[C@H](CC(=O)O)NC(=O)[C@@H](N)CNC(=O)[C@@H](CC(=O)[C@H](Cc3ccccc3)NC(=O)CCNC(=O)CC[C@H](NC(=O)N[C@@H](CCC(=O)O)OC=O)C(=O)O)Cc3ccccc3)C(=O)O)[C@H]45)CC21.O=C=O. The highest BCUT2D eigenvalue weighted by atomic mass is 33.1. The van der Waals surface area contributed by atoms with Crippen molar-refractivity contribution in [3.8, 4) is 5.75 Å². The van der Waals surface area contributed by atoms with Crippen LogP contribution in [0.25, 0.3) is 10.9 Å². The topological polar surface area (TPSA) is 578 Å². The van der Waals surface area contributed by atoms with Gasteiger partial charge in [-0.15, -0.1) is 0 Å². The van der Waals surface area contributed by atoms with E-state index >= 15 is 4.79 Å². The van der Waals surface area contributed by atoms with Gasteiger partial charge in [0.05, 0.1) is 56.1 Å². The number of ether oxygens (including phenoxy) is 3. The molecule has 1 spiro atoms. The van der Waals surface area contributed by atoms with E-state index in [0.717, 1.165) is 75.2 Å². The van der Waals surface area contributed by atoms with Crippen LogP contribution in [-0.2, 0) is 107 Å². The Labute approximate surface area is 763 Å². The summed E-state index contributed by atoms with van der Waals surface area (Å²) in [6, 6.07) is 20.5. The van der Waals surface area contributed by atoms with Gasteiger partial charge in [-0.2, -0.15) is 9.59 Å². The number of H-pyrrole nitrogens is 1. The number of nitrogens with two attached hydrogens (primary N) is 1. The lowest BCUT2D eigenvalue weighted by Crippen LogP contribution is -2.81. The van der Waals surface area contributed by atoms with Gasteiger partial charge in [-0.05, 0) is 119 Å². The van der Waals surface area contributed by atoms with Crippen LogP contribution in [0.5, 0.6) is 5.75 Å². The molecule has 16 atom stereocenters. The monoisotopic (exact) mass is 1860 g/mol. The van der Waals surface area contributed by atoms with Crippen LogP contribution in [0.15, 0.2) is 109 Å². The Hall–Kier alpha value is -11.6. The van der Waals surface area contributed by atoms with Gasteiger partial charge in [0.2, 0.25) is 23.6 Å². The average Bonchev–Trinajstić information content (AvgIpc) is 1.48. The zero-order chi connectivity index (χ0) is 95.3. The fourth-order valence-electron chi connectivity index (χ4n) is 20.1. The number of likely N-dealkylation sites (N-methyl/N-ethyl adjacent to an activating group) is 1. The Kier molecular flexibility index (Phi) is 35.2. The van der Waals surface area contributed by atoms with Gasteiger partial charge in [0.1, 0.15) is 30.5 Å². The molecule has 17 N–H and O–H groups in total. The quantitative estimate of drug-likeness (QED) is 0.00873. The number of carboxylic acid groups (broad SMARTS) is 4. The van der Waals surface area contributed by atoms with Gasteiger partial charge in [0, 0.05) is 145 Å². The molecule has 2 unspecified atom stereocenters. The molecule has 0 radical (unpaired) electrons. The number of nitrogens with zero attached hydrogens (tertiary/aromatic N) is 3. The number of benzene rings is 4. The molecule has 1 saturated carbocycles. The number of nitrogens with one attached hydrogen (secondary N) is 8. The Morgan fingerprint density at radius 1 is 0.695 bits per heavy atom. The predicted octanol–water partition coefficient (Wildman–Crippen LogP) is 3.34. The molecule has 2 saturated heterocycles. The van der Waals surface area contributed by atoms with Gasteiger partial charge in [-0.3, -0.25) is 62.5 Å². The van der Waals surface area contributed by atoms with Gasteiger partial charge in [0.25, 0.3) is 6.47 Å². The van der Waals surface area contributed by atoms with Crippen LogP contribution in [0.1, 0.15) is 144 Å². The third-order valence-electron chi connectivity index (χ3n) is 26.4. The molecule has 5 aromatic rings. The molecule has 1 aromatic heterocycles. The number of aromatic amines is 1. The summed E-state index contributed by atoms with van der Waals surface area (Å²) >= 11 is 0. The van der Waals surface area contributed by atoms with E-state index < -0.39 is 216 Å². The third kappa shape index (κ3) is 23.5. The van der Waals surface area contributed by atoms with Crippen LogP contribution in [-0.4, -0.2) is 284 Å². The van der Waals surface area contributed by atoms with Crippen molar-refractivity contribution in [2.75, 3.05) is 83.0 Å². The molecule has 6 heterocycles. The van der Waals surface area contributed by atoms with Gasteiger partial charge < -0.3 is 103 Å². The van der Waals surface area contributed by atoms with E-state index in [1.54, 1.807) is 67.8 Å². The molecule has 0 bridgehead atoms. The van der Waals surface area contributed by atoms with Crippen LogP contribution in [0.3, 0.4) is 0 Å². The molecular weight excluding hydrogens is 1740 g/mol. The van der Waals surface area contributed by atoms with Crippen LogP contribution in [0, 0.1) is 17.3 Å². The van der Waals surface area contributed by atoms with Crippen molar-refractivity contribution >= 4 is 128 Å². The smallest absolute Gasteiger partial charge is 0.407 e. The number of hydrogen-bond donors (Lipinski definition) is 16. The number of fused-ring (bicyclic) bond motifs is 5. The maximum atomic E-state index is 15.4. The standard InChI is InChI=1S/C90H116N12O24S2.CO2/c1-6-87-30-16-35-102-37-32-89(81(87)102)58-44-59(86(3)47-69-88(122,7-2)31-17-34-101(69)36-29-57-56-22-14-15-23-61(56)96-76(57)86)68(124-5)46-65(58)100(4)82(89)90(123,83(87)119)70(106)49-94-85(121)125-38-39-127-128-50-55(79(115)116)43-67(105)64(45-75(111)112)97-78(114)60(91)48-93-77(113)54(40-52-18-10-8-11-19-52)42-66(104)63(41-53-20-12-9-13-21-53)95-72(108)28-33-92-71(107)25-24-62(80(117)118)98-84(120)99-73(126-51-103)26-27-74(109)110;2-1-3/h8-16,18-23,30,44,46,51,54-55,60,62-64,69,73,81-83,96,119,122-123H,6-7,17,24-29,31-43,45,47-50,91H2,1-5H3,(H,92,107)(H,93,113)(H,94,121)(H,95,108)(H,97,114)(H,109,110)(H,111,112)(H,115,116)(H,117,118)(H2,98,99,120);/t54-,55+,60+,62+,63+,64+,69?,73-,81+,82?,83-,86-,87-,88+,89-,90+;/m1./s1. The molecule has 131 heavy (non-hydrogen) atoms. The summed E-state index contributed by atoms with van der Waals surface area (Å²) in [5.41, 5.74) is 6.77. The van der Waals surface area contributed by atoms with Gasteiger partial charge in [-0.25, -0.2) is 14.4 Å². The van der Waals surface area contributed by atoms with E-state index in [1.165, 1.54) is 5.56 Å². The number of anilines is 1. The second-order valence-corrected chi connectivity index (χ2v) is 36.9. The Balaban J connectivity index is 0.00000586. The van der Waals surface area contributed by atoms with Crippen molar-refractivity contribution in [2.45, 2.75) is 207 Å². The number of rotatable bonds is 46. The number of aliphatic hydroxyl groups is 3. The summed E-state index contributed by atoms with van der Waals surface area (Å²) in [4.78, 5) is 210. The summed E-state index contributed by atoms with van der Waals surface area (Å²) in [7, 11) is 5.52. The fourth-order valence-corrected chi connectivity index (χ4v) is 22.2. The number of aliphatic hydroxyl groups excluding tert-OH is 1. The molecule has 708 valence electrons. The number of aliphatic carboxylic acids is 4. The third-order valence-corrected chi connectivity index (χ3v) is 28.9. The minimum Gasteiger partial charge on any atom is -0.496 e. The summed E-state index contributed by atoms with van der Waals surface area (Å²) < 4.78 is 16.6. The zero-order valence-corrected chi connectivity index (χ0v) is 75.2.